The molecule has 1 saturated carbocycles. The molecule has 0 aromatic heterocycles. The van der Waals surface area contributed by atoms with E-state index in [2.05, 4.69) is 4.74 Å². The Morgan fingerprint density at radius 1 is 1.30 bits per heavy atom. The Bertz CT molecular complexity index is 377. The first kappa shape index (κ1) is 16.8. The van der Waals surface area contributed by atoms with E-state index in [0.717, 1.165) is 0 Å². The zero-order valence-corrected chi connectivity index (χ0v) is 11.6. The number of nitrogens with zero attached hydrogens (tertiary/aromatic N) is 1. The van der Waals surface area contributed by atoms with Crippen LogP contribution in [-0.4, -0.2) is 57.2 Å². The fourth-order valence-electron chi connectivity index (χ4n) is 2.00. The molecule has 0 aromatic rings. The molecule has 0 aliphatic heterocycles. The molecule has 20 heavy (non-hydrogen) atoms. The van der Waals surface area contributed by atoms with Gasteiger partial charge in [-0.1, -0.05) is 0 Å². The topological polar surface area (TPSA) is 55.8 Å². The molecule has 0 bridgehead atoms. The smallest absolute Gasteiger partial charge is 0.391 e. The van der Waals surface area contributed by atoms with E-state index in [1.165, 1.54) is 25.9 Å². The SMILES string of the molecule is COC(=O)CN(C)CC(=O)OB(C)[C@@H]1C[C@H]1C(F)(F)F. The molecule has 1 rings (SSSR count). The first-order chi connectivity index (χ1) is 9.15. The van der Waals surface area contributed by atoms with Crippen LogP contribution in [0, 0.1) is 5.92 Å². The molecule has 114 valence electrons. The molecular formula is C11H17BF3NO4. The summed E-state index contributed by atoms with van der Waals surface area (Å²) in [5.41, 5.74) is 0. The van der Waals surface area contributed by atoms with Gasteiger partial charge >= 0.3 is 25.0 Å². The second-order valence-electron chi connectivity index (χ2n) is 4.99. The number of methoxy groups -OCH3 is 1. The fraction of sp³-hybridized carbons (Fsp3) is 0.818. The molecule has 0 N–H and O–H groups in total. The number of esters is 1. The number of hydrogen-bond acceptors (Lipinski definition) is 5. The fourth-order valence-corrected chi connectivity index (χ4v) is 2.00. The van der Waals surface area contributed by atoms with Crippen molar-refractivity contribution in [3.05, 3.63) is 0 Å². The minimum absolute atomic E-state index is 0.00402. The highest BCUT2D eigenvalue weighted by atomic mass is 19.4. The Morgan fingerprint density at radius 3 is 2.30 bits per heavy atom. The predicted octanol–water partition coefficient (Wildman–Crippen LogP) is 1.21. The summed E-state index contributed by atoms with van der Waals surface area (Å²) in [7, 11) is 2.74. The summed E-state index contributed by atoms with van der Waals surface area (Å²) in [6.07, 6.45) is -4.23. The molecule has 5 nitrogen and oxygen atoms in total. The second-order valence-corrected chi connectivity index (χ2v) is 4.99. The molecule has 0 saturated heterocycles. The molecule has 0 spiro atoms. The van der Waals surface area contributed by atoms with Gasteiger partial charge < -0.3 is 9.39 Å². The lowest BCUT2D eigenvalue weighted by Gasteiger charge is -2.16. The van der Waals surface area contributed by atoms with Crippen molar-refractivity contribution in [1.82, 2.24) is 4.90 Å². The lowest BCUT2D eigenvalue weighted by Crippen LogP contribution is -2.34. The van der Waals surface area contributed by atoms with Crippen LogP contribution in [0.5, 0.6) is 0 Å². The van der Waals surface area contributed by atoms with Crippen molar-refractivity contribution in [2.45, 2.75) is 25.2 Å². The maximum Gasteiger partial charge on any atom is 0.391 e. The molecule has 1 aliphatic carbocycles. The van der Waals surface area contributed by atoms with Crippen LogP contribution in [-0.2, 0) is 19.0 Å². The third-order valence-corrected chi connectivity index (χ3v) is 3.21. The number of alkyl halides is 3. The van der Waals surface area contributed by atoms with Crippen molar-refractivity contribution in [3.63, 3.8) is 0 Å². The molecule has 0 unspecified atom stereocenters. The number of carbonyl (C=O) groups excluding carboxylic acids is 2. The van der Waals surface area contributed by atoms with Crippen LogP contribution in [0.15, 0.2) is 0 Å². The third-order valence-electron chi connectivity index (χ3n) is 3.21. The van der Waals surface area contributed by atoms with Gasteiger partial charge in [-0.05, 0) is 26.1 Å². The number of rotatable bonds is 6. The van der Waals surface area contributed by atoms with Crippen molar-refractivity contribution in [2.75, 3.05) is 27.2 Å². The van der Waals surface area contributed by atoms with Crippen molar-refractivity contribution >= 4 is 18.9 Å². The number of carbonyl (C=O) groups is 2. The van der Waals surface area contributed by atoms with Crippen LogP contribution in [0.3, 0.4) is 0 Å². The largest absolute Gasteiger partial charge is 0.535 e. The van der Waals surface area contributed by atoms with Crippen molar-refractivity contribution in [2.24, 2.45) is 5.92 Å². The molecule has 2 atom stereocenters. The monoisotopic (exact) mass is 295 g/mol. The van der Waals surface area contributed by atoms with Crippen LogP contribution < -0.4 is 0 Å². The molecule has 0 aromatic carbocycles. The highest BCUT2D eigenvalue weighted by Crippen LogP contribution is 2.56. The van der Waals surface area contributed by atoms with E-state index in [0.29, 0.717) is 0 Å². The normalized spacial score (nSPS) is 21.6. The van der Waals surface area contributed by atoms with Crippen LogP contribution in [0.25, 0.3) is 0 Å². The van der Waals surface area contributed by atoms with Gasteiger partial charge in [0.15, 0.2) is 0 Å². The van der Waals surface area contributed by atoms with E-state index >= 15 is 0 Å². The lowest BCUT2D eigenvalue weighted by molar-refractivity contribution is -0.148. The van der Waals surface area contributed by atoms with Crippen molar-refractivity contribution in [1.29, 1.82) is 0 Å². The zero-order chi connectivity index (χ0) is 15.5. The summed E-state index contributed by atoms with van der Waals surface area (Å²) in [5.74, 6) is -3.20. The summed E-state index contributed by atoms with van der Waals surface area (Å²) in [6.45, 7) is 0.409. The summed E-state index contributed by atoms with van der Waals surface area (Å²) in [4.78, 5) is 23.9. The van der Waals surface area contributed by atoms with Gasteiger partial charge in [0.2, 0.25) is 0 Å². The molecule has 1 aliphatic rings. The average molecular weight is 295 g/mol. The molecule has 0 heterocycles. The number of hydrogen-bond donors (Lipinski definition) is 0. The summed E-state index contributed by atoms with van der Waals surface area (Å²) < 4.78 is 46.5. The Balaban J connectivity index is 2.31. The van der Waals surface area contributed by atoms with Gasteiger partial charge in [-0.15, -0.1) is 0 Å². The van der Waals surface area contributed by atoms with Gasteiger partial charge in [-0.25, -0.2) is 0 Å². The van der Waals surface area contributed by atoms with E-state index in [1.54, 1.807) is 0 Å². The van der Waals surface area contributed by atoms with Crippen LogP contribution >= 0.6 is 0 Å². The van der Waals surface area contributed by atoms with E-state index in [1.807, 2.05) is 0 Å². The van der Waals surface area contributed by atoms with E-state index in [4.69, 9.17) is 4.65 Å². The minimum atomic E-state index is -4.23. The van der Waals surface area contributed by atoms with Gasteiger partial charge in [0.25, 0.3) is 0 Å². The van der Waals surface area contributed by atoms with Gasteiger partial charge in [0.05, 0.1) is 26.1 Å². The molecule has 1 fully saturated rings. The quantitative estimate of drug-likeness (QED) is 0.544. The average Bonchev–Trinajstić information content (AvgIpc) is 3.07. The van der Waals surface area contributed by atoms with Crippen LogP contribution in [0.4, 0.5) is 13.2 Å². The van der Waals surface area contributed by atoms with Crippen LogP contribution in [0.2, 0.25) is 12.6 Å². The Morgan fingerprint density at radius 2 is 1.85 bits per heavy atom. The van der Waals surface area contributed by atoms with Gasteiger partial charge in [0.1, 0.15) is 0 Å². The predicted molar refractivity (Wildman–Crippen MR) is 65.1 cm³/mol. The summed E-state index contributed by atoms with van der Waals surface area (Å²) in [6, 6.07) is 0. The van der Waals surface area contributed by atoms with Gasteiger partial charge in [0, 0.05) is 0 Å². The standard InChI is InChI=1S/C11H17BF3NO4/c1-12(8-4-7(8)11(13,14)15)20-10(18)6-16(2)5-9(17)19-3/h7-8H,4-6H2,1-3H3/t7-,8-/m1/s1. The number of ether oxygens (including phenoxy) is 1. The van der Waals surface area contributed by atoms with Gasteiger partial charge in [-0.2, -0.15) is 13.2 Å². The van der Waals surface area contributed by atoms with E-state index < -0.39 is 36.8 Å². The number of likely N-dealkylation sites (N-methyl/N-ethyl adjacent to an activating group) is 1. The lowest BCUT2D eigenvalue weighted by atomic mass is 9.64. The third kappa shape index (κ3) is 5.03. The Labute approximate surface area is 115 Å². The first-order valence-electron chi connectivity index (χ1n) is 6.16. The zero-order valence-electron chi connectivity index (χ0n) is 11.6. The molecular weight excluding hydrogens is 278 g/mol. The van der Waals surface area contributed by atoms with E-state index in [-0.39, 0.29) is 19.5 Å². The molecule has 0 amide bonds. The minimum Gasteiger partial charge on any atom is -0.535 e. The maximum absolute atomic E-state index is 12.4. The summed E-state index contributed by atoms with van der Waals surface area (Å²) in [5, 5.41) is 0. The maximum atomic E-state index is 12.4. The highest BCUT2D eigenvalue weighted by molar-refractivity contribution is 6.55. The Hall–Kier alpha value is -1.25. The van der Waals surface area contributed by atoms with Crippen molar-refractivity contribution < 1.29 is 32.2 Å². The Kier molecular flexibility index (Phi) is 5.44. The highest BCUT2D eigenvalue weighted by Gasteiger charge is 2.59. The molecule has 0 radical (unpaired) electrons. The van der Waals surface area contributed by atoms with Gasteiger partial charge in [-0.3, -0.25) is 14.5 Å². The first-order valence-corrected chi connectivity index (χ1v) is 6.16. The second kappa shape index (κ2) is 6.47. The summed E-state index contributed by atoms with van der Waals surface area (Å²) >= 11 is 0. The number of halogens is 3. The van der Waals surface area contributed by atoms with E-state index in [9.17, 15) is 22.8 Å². The molecule has 9 heteroatoms. The van der Waals surface area contributed by atoms with Crippen LogP contribution in [0.1, 0.15) is 6.42 Å². The van der Waals surface area contributed by atoms with Crippen molar-refractivity contribution in [3.8, 4) is 0 Å².